The zero-order chi connectivity index (χ0) is 19.0. The van der Waals surface area contributed by atoms with Crippen molar-refractivity contribution in [2.45, 2.75) is 44.8 Å². The van der Waals surface area contributed by atoms with Gasteiger partial charge in [-0.1, -0.05) is 25.0 Å². The molecule has 8 heteroatoms. The zero-order valence-corrected chi connectivity index (χ0v) is 15.0. The summed E-state index contributed by atoms with van der Waals surface area (Å²) in [6, 6.07) is 5.02. The minimum absolute atomic E-state index is 0.221. The van der Waals surface area contributed by atoms with E-state index in [9.17, 15) is 18.0 Å². The molecule has 26 heavy (non-hydrogen) atoms. The highest BCUT2D eigenvalue weighted by molar-refractivity contribution is 7.13. The van der Waals surface area contributed by atoms with Gasteiger partial charge in [-0.2, -0.15) is 13.2 Å². The van der Waals surface area contributed by atoms with E-state index in [1.165, 1.54) is 23.5 Å². The van der Waals surface area contributed by atoms with E-state index >= 15 is 0 Å². The van der Waals surface area contributed by atoms with Crippen LogP contribution < -0.4 is 5.32 Å². The first-order chi connectivity index (χ1) is 12.4. The van der Waals surface area contributed by atoms with Crippen molar-refractivity contribution in [2.24, 2.45) is 0 Å². The molecule has 1 aromatic heterocycles. The average Bonchev–Trinajstić information content (AvgIpc) is 3.05. The van der Waals surface area contributed by atoms with Crippen LogP contribution in [0.1, 0.15) is 43.4 Å². The van der Waals surface area contributed by atoms with Crippen LogP contribution in [0.2, 0.25) is 0 Å². The fourth-order valence-corrected chi connectivity index (χ4v) is 3.24. The Morgan fingerprint density at radius 3 is 2.46 bits per heavy atom. The summed E-state index contributed by atoms with van der Waals surface area (Å²) >= 11 is 1.41. The highest BCUT2D eigenvalue weighted by atomic mass is 32.1. The van der Waals surface area contributed by atoms with E-state index in [-0.39, 0.29) is 6.42 Å². The van der Waals surface area contributed by atoms with Crippen LogP contribution in [0.15, 0.2) is 29.6 Å². The molecular formula is C18H21F3N2O2S. The third-order valence-corrected chi connectivity index (χ3v) is 4.75. The van der Waals surface area contributed by atoms with Gasteiger partial charge in [-0.25, -0.2) is 4.98 Å². The van der Waals surface area contributed by atoms with Gasteiger partial charge in [0.05, 0.1) is 11.3 Å². The number of thiazole rings is 1. The fourth-order valence-electron chi connectivity index (χ4n) is 2.42. The lowest BCUT2D eigenvalue weighted by Gasteiger charge is -2.06. The number of hydrogen-bond acceptors (Lipinski definition) is 4. The molecule has 0 aliphatic rings. The number of carboxylic acids is 1. The summed E-state index contributed by atoms with van der Waals surface area (Å²) in [5.41, 5.74) is 0.867. The lowest BCUT2D eigenvalue weighted by molar-refractivity contribution is -0.138. The summed E-state index contributed by atoms with van der Waals surface area (Å²) < 4.78 is 37.8. The van der Waals surface area contributed by atoms with E-state index in [1.54, 1.807) is 0 Å². The molecule has 0 spiro atoms. The van der Waals surface area contributed by atoms with Gasteiger partial charge in [0.25, 0.3) is 0 Å². The van der Waals surface area contributed by atoms with Crippen molar-refractivity contribution in [1.82, 2.24) is 10.3 Å². The molecule has 0 fully saturated rings. The molecule has 0 bridgehead atoms. The third kappa shape index (κ3) is 6.76. The average molecular weight is 386 g/mol. The molecule has 2 rings (SSSR count). The highest BCUT2D eigenvalue weighted by Crippen LogP contribution is 2.31. The predicted molar refractivity (Wildman–Crippen MR) is 95.0 cm³/mol. The van der Waals surface area contributed by atoms with Gasteiger partial charge in [0, 0.05) is 23.9 Å². The van der Waals surface area contributed by atoms with E-state index in [0.717, 1.165) is 43.6 Å². The van der Waals surface area contributed by atoms with Gasteiger partial charge >= 0.3 is 12.1 Å². The van der Waals surface area contributed by atoms with Crippen LogP contribution in [0.4, 0.5) is 13.2 Å². The standard InChI is InChI=1S/C18H21F3N2O2S/c19-18(20,21)14-8-6-13(7-9-14)17-23-15(12-26-17)11-22-10-4-2-1-3-5-16(24)25/h6-9,12,22H,1-5,10-11H2,(H,24,25). The SMILES string of the molecule is O=C(O)CCCCCCNCc1csc(-c2ccc(C(F)(F)F)cc2)n1. The van der Waals surface area contributed by atoms with Crippen molar-refractivity contribution in [3.63, 3.8) is 0 Å². The maximum Gasteiger partial charge on any atom is 0.416 e. The maximum absolute atomic E-state index is 12.6. The second-order valence-corrected chi connectivity index (χ2v) is 6.81. The van der Waals surface area contributed by atoms with E-state index in [2.05, 4.69) is 10.3 Å². The van der Waals surface area contributed by atoms with Crippen molar-refractivity contribution in [2.75, 3.05) is 6.54 Å². The Kier molecular flexibility index (Phi) is 7.59. The Bertz CT molecular complexity index is 699. The van der Waals surface area contributed by atoms with Crippen LogP contribution in [-0.2, 0) is 17.5 Å². The van der Waals surface area contributed by atoms with Gasteiger partial charge in [0.15, 0.2) is 0 Å². The first-order valence-corrected chi connectivity index (χ1v) is 9.29. The Morgan fingerprint density at radius 2 is 1.81 bits per heavy atom. The van der Waals surface area contributed by atoms with Crippen molar-refractivity contribution in [1.29, 1.82) is 0 Å². The number of unbranched alkanes of at least 4 members (excludes halogenated alkanes) is 3. The number of nitrogens with zero attached hydrogens (tertiary/aromatic N) is 1. The molecular weight excluding hydrogens is 365 g/mol. The van der Waals surface area contributed by atoms with Crippen molar-refractivity contribution in [3.05, 3.63) is 40.9 Å². The first kappa shape index (κ1) is 20.4. The molecule has 4 nitrogen and oxygen atoms in total. The second kappa shape index (κ2) is 9.68. The number of hydrogen-bond donors (Lipinski definition) is 2. The Hall–Kier alpha value is -1.93. The van der Waals surface area contributed by atoms with Crippen LogP contribution in [0.25, 0.3) is 10.6 Å². The monoisotopic (exact) mass is 386 g/mol. The molecule has 0 saturated heterocycles. The number of aromatic nitrogens is 1. The molecule has 0 amide bonds. The summed E-state index contributed by atoms with van der Waals surface area (Å²) in [5.74, 6) is -0.754. The molecule has 1 heterocycles. The largest absolute Gasteiger partial charge is 0.481 e. The number of carboxylic acid groups (broad SMARTS) is 1. The van der Waals surface area contributed by atoms with Crippen molar-refractivity contribution < 1.29 is 23.1 Å². The number of rotatable bonds is 10. The van der Waals surface area contributed by atoms with Gasteiger partial charge in [0.1, 0.15) is 5.01 Å². The fraction of sp³-hybridized carbons (Fsp3) is 0.444. The third-order valence-electron chi connectivity index (χ3n) is 3.81. The van der Waals surface area contributed by atoms with Crippen LogP contribution in [0.5, 0.6) is 0 Å². The first-order valence-electron chi connectivity index (χ1n) is 8.41. The van der Waals surface area contributed by atoms with E-state index in [1.807, 2.05) is 5.38 Å². The highest BCUT2D eigenvalue weighted by Gasteiger charge is 2.30. The van der Waals surface area contributed by atoms with Crippen LogP contribution >= 0.6 is 11.3 Å². The van der Waals surface area contributed by atoms with Gasteiger partial charge < -0.3 is 10.4 Å². The zero-order valence-electron chi connectivity index (χ0n) is 14.2. The van der Waals surface area contributed by atoms with E-state index < -0.39 is 17.7 Å². The van der Waals surface area contributed by atoms with E-state index in [4.69, 9.17) is 5.11 Å². The Morgan fingerprint density at radius 1 is 1.12 bits per heavy atom. The second-order valence-electron chi connectivity index (χ2n) is 5.95. The van der Waals surface area contributed by atoms with Crippen LogP contribution in [-0.4, -0.2) is 22.6 Å². The molecule has 0 aliphatic carbocycles. The molecule has 0 aliphatic heterocycles. The normalized spacial score (nSPS) is 11.7. The van der Waals surface area contributed by atoms with Gasteiger partial charge in [-0.05, 0) is 31.5 Å². The quantitative estimate of drug-likeness (QED) is 0.567. The number of nitrogens with one attached hydrogen (secondary N) is 1. The number of benzene rings is 1. The Balaban J connectivity index is 1.72. The molecule has 0 unspecified atom stereocenters. The summed E-state index contributed by atoms with van der Waals surface area (Å²) in [5, 5.41) is 14.4. The molecule has 1 aromatic carbocycles. The molecule has 142 valence electrons. The van der Waals surface area contributed by atoms with Crippen molar-refractivity contribution >= 4 is 17.3 Å². The summed E-state index contributed by atoms with van der Waals surface area (Å²) in [7, 11) is 0. The topological polar surface area (TPSA) is 62.2 Å². The van der Waals surface area contributed by atoms with Crippen molar-refractivity contribution in [3.8, 4) is 10.6 Å². The van der Waals surface area contributed by atoms with Crippen LogP contribution in [0, 0.1) is 0 Å². The number of alkyl halides is 3. The van der Waals surface area contributed by atoms with Gasteiger partial charge in [-0.3, -0.25) is 4.79 Å². The Labute approximate surface area is 154 Å². The number of aliphatic carboxylic acids is 1. The molecule has 0 saturated carbocycles. The summed E-state index contributed by atoms with van der Waals surface area (Å²) in [6.45, 7) is 1.42. The minimum Gasteiger partial charge on any atom is -0.481 e. The minimum atomic E-state index is -4.33. The van der Waals surface area contributed by atoms with Crippen LogP contribution in [0.3, 0.4) is 0 Å². The molecule has 0 radical (unpaired) electrons. The summed E-state index contributed by atoms with van der Waals surface area (Å²) in [6.07, 6.45) is -0.548. The lowest BCUT2D eigenvalue weighted by Crippen LogP contribution is -2.14. The summed E-state index contributed by atoms with van der Waals surface area (Å²) in [4.78, 5) is 14.8. The smallest absolute Gasteiger partial charge is 0.416 e. The molecule has 2 N–H and O–H groups in total. The lowest BCUT2D eigenvalue weighted by atomic mass is 10.1. The predicted octanol–water partition coefficient (Wildman–Crippen LogP) is 4.95. The van der Waals surface area contributed by atoms with Gasteiger partial charge in [0.2, 0.25) is 0 Å². The number of halogens is 3. The maximum atomic E-state index is 12.6. The molecule has 2 aromatic rings. The van der Waals surface area contributed by atoms with Gasteiger partial charge in [-0.15, -0.1) is 11.3 Å². The van der Waals surface area contributed by atoms with E-state index in [0.29, 0.717) is 23.5 Å². The number of carbonyl (C=O) groups is 1. The molecule has 0 atom stereocenters.